The predicted molar refractivity (Wildman–Crippen MR) is 123 cm³/mol. The molecule has 0 aliphatic carbocycles. The minimum atomic E-state index is -0.166. The highest BCUT2D eigenvalue weighted by Gasteiger charge is 2.32. The van der Waals surface area contributed by atoms with Crippen molar-refractivity contribution in [3.05, 3.63) is 23.1 Å². The number of quaternary nitrogens is 1. The smallest absolute Gasteiger partial charge is 0.150 e. The Balaban J connectivity index is 1.72. The number of hydrogen-bond acceptors (Lipinski definition) is 6. The highest BCUT2D eigenvalue weighted by atomic mass is 32.1. The summed E-state index contributed by atoms with van der Waals surface area (Å²) in [6.45, 7) is 13.9. The predicted octanol–water partition coefficient (Wildman–Crippen LogP) is 2.62. The summed E-state index contributed by atoms with van der Waals surface area (Å²) < 4.78 is 7.39. The highest BCUT2D eigenvalue weighted by Crippen LogP contribution is 2.43. The first-order valence-electron chi connectivity index (χ1n) is 11.1. The van der Waals surface area contributed by atoms with Gasteiger partial charge < -0.3 is 14.5 Å². The summed E-state index contributed by atoms with van der Waals surface area (Å²) in [6, 6.07) is 0. The summed E-state index contributed by atoms with van der Waals surface area (Å²) in [5.41, 5.74) is 4.79. The Morgan fingerprint density at radius 1 is 1.20 bits per heavy atom. The minimum absolute atomic E-state index is 0.166. The third-order valence-corrected chi connectivity index (χ3v) is 7.48. The molecule has 6 nitrogen and oxygen atoms in total. The third-order valence-electron chi connectivity index (χ3n) is 6.41. The van der Waals surface area contributed by atoms with Crippen LogP contribution < -0.4 is 9.80 Å². The van der Waals surface area contributed by atoms with Crippen LogP contribution in [0.5, 0.6) is 0 Å². The standard InChI is InChI=1S/C23H31N5OS/c1-14(2)10-17-16-12-29-23(3,4)11-15(16)18-19-20(30-22(18)26-17)21(25-13-24-19)28-8-6-27(5)7-9-28/h13-14H,6-12H2,1-5H3/p+1. The Labute approximate surface area is 182 Å². The molecule has 1 N–H and O–H groups in total. The van der Waals surface area contributed by atoms with E-state index in [9.17, 15) is 0 Å². The van der Waals surface area contributed by atoms with Gasteiger partial charge in [0.1, 0.15) is 11.2 Å². The van der Waals surface area contributed by atoms with E-state index in [0.29, 0.717) is 12.5 Å². The van der Waals surface area contributed by atoms with Gasteiger partial charge in [0.15, 0.2) is 5.82 Å². The molecular weight excluding hydrogens is 394 g/mol. The number of nitrogens with zero attached hydrogens (tertiary/aromatic N) is 4. The lowest BCUT2D eigenvalue weighted by Gasteiger charge is -2.33. The maximum absolute atomic E-state index is 6.20. The van der Waals surface area contributed by atoms with E-state index >= 15 is 0 Å². The molecule has 2 aliphatic rings. The van der Waals surface area contributed by atoms with Crippen LogP contribution in [0.25, 0.3) is 20.4 Å². The van der Waals surface area contributed by atoms with Gasteiger partial charge in [0.2, 0.25) is 0 Å². The van der Waals surface area contributed by atoms with Crippen LogP contribution in [0, 0.1) is 5.92 Å². The second kappa shape index (κ2) is 7.39. The highest BCUT2D eigenvalue weighted by molar-refractivity contribution is 7.26. The number of thiophene rings is 1. The molecule has 0 aromatic carbocycles. The molecule has 1 saturated heterocycles. The number of piperazine rings is 1. The van der Waals surface area contributed by atoms with E-state index in [4.69, 9.17) is 19.7 Å². The molecule has 0 amide bonds. The van der Waals surface area contributed by atoms with Gasteiger partial charge in [-0.1, -0.05) is 13.8 Å². The summed E-state index contributed by atoms with van der Waals surface area (Å²) in [6.07, 6.45) is 3.62. The van der Waals surface area contributed by atoms with Gasteiger partial charge in [-0.15, -0.1) is 11.3 Å². The average molecular weight is 427 g/mol. The number of fused-ring (bicyclic) bond motifs is 5. The van der Waals surface area contributed by atoms with Crippen molar-refractivity contribution in [3.63, 3.8) is 0 Å². The van der Waals surface area contributed by atoms with Crippen LogP contribution in [0.3, 0.4) is 0 Å². The van der Waals surface area contributed by atoms with E-state index < -0.39 is 0 Å². The second-order valence-electron chi connectivity index (χ2n) is 9.94. The zero-order valence-electron chi connectivity index (χ0n) is 18.7. The number of hydrogen-bond donors (Lipinski definition) is 1. The molecule has 0 atom stereocenters. The summed E-state index contributed by atoms with van der Waals surface area (Å²) in [7, 11) is 2.27. The van der Waals surface area contributed by atoms with Gasteiger partial charge in [-0.05, 0) is 31.7 Å². The summed E-state index contributed by atoms with van der Waals surface area (Å²) in [5, 5.41) is 1.23. The van der Waals surface area contributed by atoms with Gasteiger partial charge in [-0.3, -0.25) is 0 Å². The molecule has 0 bridgehead atoms. The van der Waals surface area contributed by atoms with E-state index in [0.717, 1.165) is 55.2 Å². The Hall–Kier alpha value is -1.83. The molecule has 2 aliphatic heterocycles. The van der Waals surface area contributed by atoms with Crippen molar-refractivity contribution in [2.24, 2.45) is 5.92 Å². The Morgan fingerprint density at radius 3 is 2.70 bits per heavy atom. The molecule has 0 spiro atoms. The van der Waals surface area contributed by atoms with Crippen LogP contribution in [0.1, 0.15) is 44.5 Å². The zero-order valence-corrected chi connectivity index (χ0v) is 19.5. The first-order chi connectivity index (χ1) is 14.3. The maximum atomic E-state index is 6.20. The van der Waals surface area contributed by atoms with Crippen LogP contribution in [0.2, 0.25) is 0 Å². The normalized spacial score (nSPS) is 19.7. The zero-order chi connectivity index (χ0) is 21.0. The van der Waals surface area contributed by atoms with Crippen molar-refractivity contribution < 1.29 is 9.64 Å². The molecule has 3 aromatic rings. The van der Waals surface area contributed by atoms with Gasteiger partial charge in [-0.2, -0.15) is 0 Å². The van der Waals surface area contributed by atoms with Crippen LogP contribution in [0.4, 0.5) is 5.82 Å². The third kappa shape index (κ3) is 3.47. The first-order valence-corrected chi connectivity index (χ1v) is 11.9. The molecule has 0 radical (unpaired) electrons. The number of pyridine rings is 1. The van der Waals surface area contributed by atoms with Crippen LogP contribution in [-0.4, -0.2) is 53.8 Å². The molecule has 0 unspecified atom stereocenters. The lowest BCUT2D eigenvalue weighted by molar-refractivity contribution is -0.880. The summed E-state index contributed by atoms with van der Waals surface area (Å²) in [4.78, 5) is 19.8. The molecule has 7 heteroatoms. The SMILES string of the molecule is CC(C)Cc1nc2sc3c(N4CC[NH+](C)CC4)ncnc3c2c2c1COC(C)(C)C2. The van der Waals surface area contributed by atoms with Gasteiger partial charge in [0.25, 0.3) is 0 Å². The van der Waals surface area contributed by atoms with E-state index in [1.54, 1.807) is 22.6 Å². The van der Waals surface area contributed by atoms with Gasteiger partial charge in [-0.25, -0.2) is 15.0 Å². The Morgan fingerprint density at radius 2 is 1.97 bits per heavy atom. The number of ether oxygens (including phenoxy) is 1. The van der Waals surface area contributed by atoms with Gasteiger partial charge in [0, 0.05) is 23.1 Å². The number of likely N-dealkylation sites (N-methyl/N-ethyl adjacent to an activating group) is 1. The van der Waals surface area contributed by atoms with E-state index in [2.05, 4.69) is 39.6 Å². The van der Waals surface area contributed by atoms with Crippen LogP contribution in [0.15, 0.2) is 6.33 Å². The fraction of sp³-hybridized carbons (Fsp3) is 0.609. The molecule has 5 rings (SSSR count). The molecular formula is C23H32N5OS+. The molecule has 0 saturated carbocycles. The largest absolute Gasteiger partial charge is 0.370 e. The lowest BCUT2D eigenvalue weighted by atomic mass is 9.88. The van der Waals surface area contributed by atoms with Crippen molar-refractivity contribution in [3.8, 4) is 0 Å². The van der Waals surface area contributed by atoms with Crippen molar-refractivity contribution >= 4 is 37.6 Å². The molecule has 3 aromatic heterocycles. The van der Waals surface area contributed by atoms with Crippen LogP contribution in [-0.2, 0) is 24.2 Å². The molecule has 160 valence electrons. The topological polar surface area (TPSA) is 55.6 Å². The van der Waals surface area contributed by atoms with Crippen LogP contribution >= 0.6 is 11.3 Å². The van der Waals surface area contributed by atoms with Crippen molar-refractivity contribution in [2.45, 2.75) is 52.7 Å². The Bertz CT molecular complexity index is 1100. The lowest BCUT2D eigenvalue weighted by Crippen LogP contribution is -3.12. The molecule has 1 fully saturated rings. The second-order valence-corrected chi connectivity index (χ2v) is 10.9. The van der Waals surface area contributed by atoms with Crippen molar-refractivity contribution in [1.82, 2.24) is 15.0 Å². The van der Waals surface area contributed by atoms with Gasteiger partial charge >= 0.3 is 0 Å². The summed E-state index contributed by atoms with van der Waals surface area (Å²) in [5.74, 6) is 1.65. The first kappa shape index (κ1) is 20.1. The van der Waals surface area contributed by atoms with Gasteiger partial charge in [0.05, 0.1) is 55.7 Å². The fourth-order valence-electron chi connectivity index (χ4n) is 4.74. The molecule has 30 heavy (non-hydrogen) atoms. The maximum Gasteiger partial charge on any atom is 0.150 e. The van der Waals surface area contributed by atoms with E-state index in [-0.39, 0.29) is 5.60 Å². The Kier molecular flexibility index (Phi) is 4.95. The average Bonchev–Trinajstić information content (AvgIpc) is 3.06. The number of nitrogens with one attached hydrogen (secondary N) is 1. The monoisotopic (exact) mass is 426 g/mol. The number of rotatable bonds is 3. The minimum Gasteiger partial charge on any atom is -0.370 e. The van der Waals surface area contributed by atoms with E-state index in [1.165, 1.54) is 26.9 Å². The number of aromatic nitrogens is 3. The quantitative estimate of drug-likeness (QED) is 0.698. The van der Waals surface area contributed by atoms with Crippen molar-refractivity contribution in [1.29, 1.82) is 0 Å². The number of anilines is 1. The summed E-state index contributed by atoms with van der Waals surface area (Å²) >= 11 is 1.77. The van der Waals surface area contributed by atoms with E-state index in [1.807, 2.05) is 0 Å². The fourth-order valence-corrected chi connectivity index (χ4v) is 5.94. The molecule has 5 heterocycles. The van der Waals surface area contributed by atoms with Crippen molar-refractivity contribution in [2.75, 3.05) is 38.1 Å².